The van der Waals surface area contributed by atoms with Gasteiger partial charge in [-0.2, -0.15) is 0 Å². The predicted molar refractivity (Wildman–Crippen MR) is 86.4 cm³/mol. The van der Waals surface area contributed by atoms with Gasteiger partial charge in [-0.05, 0) is 51.3 Å². The van der Waals surface area contributed by atoms with Crippen LogP contribution in [0.4, 0.5) is 0 Å². The van der Waals surface area contributed by atoms with E-state index in [1.54, 1.807) is 18.2 Å². The van der Waals surface area contributed by atoms with Crippen LogP contribution in [-0.2, 0) is 0 Å². The topological polar surface area (TPSA) is 35.5 Å². The maximum absolute atomic E-state index is 10.8. The minimum atomic E-state index is 0.550. The molecule has 0 aliphatic carbocycles. The molecule has 21 heavy (non-hydrogen) atoms. The number of carbonyl (C=O) groups is 1. The van der Waals surface area contributed by atoms with E-state index in [0.29, 0.717) is 30.3 Å². The van der Waals surface area contributed by atoms with E-state index in [4.69, 9.17) is 9.47 Å². The van der Waals surface area contributed by atoms with E-state index in [1.807, 2.05) is 6.92 Å². The molecular weight excluding hydrogens is 264 g/mol. The molecule has 0 saturated carbocycles. The van der Waals surface area contributed by atoms with Gasteiger partial charge in [0.05, 0.1) is 13.2 Å². The molecule has 1 aromatic rings. The van der Waals surface area contributed by atoms with Gasteiger partial charge in [0.15, 0.2) is 11.5 Å². The average molecular weight is 290 g/mol. The van der Waals surface area contributed by atoms with Crippen molar-refractivity contribution in [2.24, 2.45) is 0 Å². The van der Waals surface area contributed by atoms with Crippen LogP contribution in [0.5, 0.6) is 11.5 Å². The summed E-state index contributed by atoms with van der Waals surface area (Å²) < 4.78 is 11.3. The van der Waals surface area contributed by atoms with Gasteiger partial charge in [-0.1, -0.05) is 25.0 Å². The standard InChI is InChI=1S/C18H26O3/c1-4-6-8-15(3)9-7-12-21-17-11-10-16(14-19)13-18(17)20-5-2/h9-11,13-14H,4-8,12H2,1-3H3. The fourth-order valence-electron chi connectivity index (χ4n) is 2.02. The fraction of sp³-hybridized carbons (Fsp3) is 0.500. The maximum atomic E-state index is 10.8. The molecule has 1 aromatic carbocycles. The highest BCUT2D eigenvalue weighted by Crippen LogP contribution is 2.28. The van der Waals surface area contributed by atoms with Gasteiger partial charge in [-0.15, -0.1) is 0 Å². The van der Waals surface area contributed by atoms with E-state index < -0.39 is 0 Å². The summed E-state index contributed by atoms with van der Waals surface area (Å²) in [4.78, 5) is 10.8. The number of carbonyl (C=O) groups excluding carboxylic acids is 1. The van der Waals surface area contributed by atoms with Crippen molar-refractivity contribution in [3.63, 3.8) is 0 Å². The van der Waals surface area contributed by atoms with Crippen molar-refractivity contribution in [3.8, 4) is 11.5 Å². The average Bonchev–Trinajstić information content (AvgIpc) is 2.50. The van der Waals surface area contributed by atoms with Gasteiger partial charge in [-0.25, -0.2) is 0 Å². The second-order valence-electron chi connectivity index (χ2n) is 5.05. The van der Waals surface area contributed by atoms with Gasteiger partial charge >= 0.3 is 0 Å². The molecule has 3 heteroatoms. The number of benzene rings is 1. The third kappa shape index (κ3) is 6.48. The van der Waals surface area contributed by atoms with Crippen LogP contribution in [0, 0.1) is 0 Å². The number of unbranched alkanes of at least 4 members (excludes halogenated alkanes) is 1. The van der Waals surface area contributed by atoms with Crippen LogP contribution in [0.15, 0.2) is 29.8 Å². The number of allylic oxidation sites excluding steroid dienone is 1. The van der Waals surface area contributed by atoms with Gasteiger partial charge in [-0.3, -0.25) is 4.79 Å². The zero-order valence-electron chi connectivity index (χ0n) is 13.4. The van der Waals surface area contributed by atoms with Gasteiger partial charge in [0.25, 0.3) is 0 Å². The Morgan fingerprint density at radius 3 is 2.67 bits per heavy atom. The van der Waals surface area contributed by atoms with E-state index in [0.717, 1.165) is 19.1 Å². The Morgan fingerprint density at radius 2 is 2.00 bits per heavy atom. The zero-order chi connectivity index (χ0) is 15.5. The summed E-state index contributed by atoms with van der Waals surface area (Å²) in [5.74, 6) is 1.33. The molecule has 3 nitrogen and oxygen atoms in total. The quantitative estimate of drug-likeness (QED) is 0.352. The molecule has 0 saturated heterocycles. The van der Waals surface area contributed by atoms with Crippen LogP contribution in [-0.4, -0.2) is 19.5 Å². The molecule has 0 heterocycles. The zero-order valence-corrected chi connectivity index (χ0v) is 13.4. The lowest BCUT2D eigenvalue weighted by molar-refractivity contribution is 0.112. The van der Waals surface area contributed by atoms with Gasteiger partial charge in [0, 0.05) is 5.56 Å². The molecule has 116 valence electrons. The third-order valence-electron chi connectivity index (χ3n) is 3.20. The SMILES string of the molecule is CCCCC(C)=CCCOc1ccc(C=O)cc1OCC. The second kappa shape index (κ2) is 10.0. The number of rotatable bonds is 10. The van der Waals surface area contributed by atoms with Crippen molar-refractivity contribution in [1.82, 2.24) is 0 Å². The maximum Gasteiger partial charge on any atom is 0.161 e. The fourth-order valence-corrected chi connectivity index (χ4v) is 2.02. The molecule has 0 aliphatic rings. The molecule has 0 bridgehead atoms. The summed E-state index contributed by atoms with van der Waals surface area (Å²) in [5, 5.41) is 0. The molecule has 0 fully saturated rings. The smallest absolute Gasteiger partial charge is 0.161 e. The molecular formula is C18H26O3. The Labute approximate surface area is 128 Å². The molecule has 0 spiro atoms. The minimum absolute atomic E-state index is 0.550. The highest BCUT2D eigenvalue weighted by Gasteiger charge is 2.05. The van der Waals surface area contributed by atoms with E-state index >= 15 is 0 Å². The Balaban J connectivity index is 2.52. The van der Waals surface area contributed by atoms with Crippen LogP contribution in [0.3, 0.4) is 0 Å². The molecule has 0 atom stereocenters. The highest BCUT2D eigenvalue weighted by molar-refractivity contribution is 5.76. The van der Waals surface area contributed by atoms with Gasteiger partial charge in [0.2, 0.25) is 0 Å². The molecule has 0 radical (unpaired) electrons. The molecule has 0 N–H and O–H groups in total. The third-order valence-corrected chi connectivity index (χ3v) is 3.20. The van der Waals surface area contributed by atoms with Crippen LogP contribution in [0.1, 0.15) is 56.8 Å². The van der Waals surface area contributed by atoms with Crippen LogP contribution >= 0.6 is 0 Å². The van der Waals surface area contributed by atoms with Crippen molar-refractivity contribution >= 4 is 6.29 Å². The first-order valence-electron chi connectivity index (χ1n) is 7.71. The monoisotopic (exact) mass is 290 g/mol. The Morgan fingerprint density at radius 1 is 1.19 bits per heavy atom. The van der Waals surface area contributed by atoms with Crippen LogP contribution in [0.2, 0.25) is 0 Å². The van der Waals surface area contributed by atoms with Crippen molar-refractivity contribution in [1.29, 1.82) is 0 Å². The lowest BCUT2D eigenvalue weighted by atomic mass is 10.1. The first kappa shape index (κ1) is 17.3. The lowest BCUT2D eigenvalue weighted by Crippen LogP contribution is -2.01. The number of aldehydes is 1. The summed E-state index contributed by atoms with van der Waals surface area (Å²) in [6, 6.07) is 5.25. The summed E-state index contributed by atoms with van der Waals surface area (Å²) >= 11 is 0. The number of hydrogen-bond donors (Lipinski definition) is 0. The molecule has 1 rings (SSSR count). The second-order valence-corrected chi connectivity index (χ2v) is 5.05. The summed E-state index contributed by atoms with van der Waals surface area (Å²) in [7, 11) is 0. The van der Waals surface area contributed by atoms with Crippen molar-refractivity contribution < 1.29 is 14.3 Å². The van der Waals surface area contributed by atoms with Gasteiger partial charge in [0.1, 0.15) is 6.29 Å². The number of ether oxygens (including phenoxy) is 2. The Bertz CT molecular complexity index is 464. The first-order valence-corrected chi connectivity index (χ1v) is 7.71. The van der Waals surface area contributed by atoms with Crippen LogP contribution in [0.25, 0.3) is 0 Å². The van der Waals surface area contributed by atoms with Crippen molar-refractivity contribution in [2.45, 2.75) is 46.5 Å². The molecule has 0 aliphatic heterocycles. The summed E-state index contributed by atoms with van der Waals surface area (Å²) in [6.07, 6.45) is 7.56. The predicted octanol–water partition coefficient (Wildman–Crippen LogP) is 4.80. The van der Waals surface area contributed by atoms with Crippen molar-refractivity contribution in [3.05, 3.63) is 35.4 Å². The van der Waals surface area contributed by atoms with Crippen LogP contribution < -0.4 is 9.47 Å². The van der Waals surface area contributed by atoms with E-state index in [1.165, 1.54) is 18.4 Å². The minimum Gasteiger partial charge on any atom is -0.490 e. The van der Waals surface area contributed by atoms with Crippen molar-refractivity contribution in [2.75, 3.05) is 13.2 Å². The van der Waals surface area contributed by atoms with E-state index in [2.05, 4.69) is 19.9 Å². The lowest BCUT2D eigenvalue weighted by Gasteiger charge is -2.11. The highest BCUT2D eigenvalue weighted by atomic mass is 16.5. The van der Waals surface area contributed by atoms with E-state index in [-0.39, 0.29) is 0 Å². The Kier molecular flexibility index (Phi) is 8.25. The largest absolute Gasteiger partial charge is 0.490 e. The first-order chi connectivity index (χ1) is 10.2. The number of hydrogen-bond acceptors (Lipinski definition) is 3. The normalized spacial score (nSPS) is 11.3. The molecule has 0 amide bonds. The summed E-state index contributed by atoms with van der Waals surface area (Å²) in [6.45, 7) is 7.45. The molecule has 0 unspecified atom stereocenters. The van der Waals surface area contributed by atoms with Gasteiger partial charge < -0.3 is 9.47 Å². The summed E-state index contributed by atoms with van der Waals surface area (Å²) in [5.41, 5.74) is 2.02. The van der Waals surface area contributed by atoms with E-state index in [9.17, 15) is 4.79 Å². The molecule has 0 aromatic heterocycles. The Hall–Kier alpha value is -1.77.